The Hall–Kier alpha value is -1.89. The molecule has 0 aliphatic heterocycles. The molecule has 2 aromatic rings. The lowest BCUT2D eigenvalue weighted by Gasteiger charge is -2.21. The van der Waals surface area contributed by atoms with E-state index in [0.717, 1.165) is 4.88 Å². The summed E-state index contributed by atoms with van der Waals surface area (Å²) in [6.07, 6.45) is -1.63. The highest BCUT2D eigenvalue weighted by Crippen LogP contribution is 2.31. The molecule has 4 atom stereocenters. The Morgan fingerprint density at radius 1 is 1.30 bits per heavy atom. The van der Waals surface area contributed by atoms with E-state index in [-0.39, 0.29) is 11.8 Å². The molecule has 2 aromatic heterocycles. The summed E-state index contributed by atoms with van der Waals surface area (Å²) in [6.45, 7) is -0.199. The third-order valence-electron chi connectivity index (χ3n) is 4.44. The second-order valence-corrected chi connectivity index (χ2v) is 7.88. The number of halogens is 1. The average molecular weight is 409 g/mol. The van der Waals surface area contributed by atoms with Crippen molar-refractivity contribution in [3.05, 3.63) is 33.1 Å². The molecule has 1 fully saturated rings. The van der Waals surface area contributed by atoms with Crippen molar-refractivity contribution in [2.24, 2.45) is 5.92 Å². The number of nitrogens with zero attached hydrogens (tertiary/aromatic N) is 3. The second-order valence-electron chi connectivity index (χ2n) is 6.57. The normalized spacial score (nSPS) is 24.4. The molecule has 1 saturated carbocycles. The van der Waals surface area contributed by atoms with Gasteiger partial charge in [0.25, 0.3) is 0 Å². The van der Waals surface area contributed by atoms with Crippen LogP contribution in [-0.2, 0) is 0 Å². The van der Waals surface area contributed by atoms with Gasteiger partial charge in [-0.05, 0) is 17.9 Å². The van der Waals surface area contributed by atoms with Gasteiger partial charge in [0, 0.05) is 26.6 Å². The van der Waals surface area contributed by atoms with Gasteiger partial charge in [-0.2, -0.15) is 9.97 Å². The van der Waals surface area contributed by atoms with Crippen molar-refractivity contribution in [3.63, 3.8) is 0 Å². The van der Waals surface area contributed by atoms with Crippen molar-refractivity contribution in [1.29, 1.82) is 0 Å². The van der Waals surface area contributed by atoms with E-state index in [4.69, 9.17) is 11.6 Å². The summed E-state index contributed by atoms with van der Waals surface area (Å²) in [4.78, 5) is 11.3. The predicted octanol–water partition coefficient (Wildman–Crippen LogP) is 1.17. The van der Waals surface area contributed by atoms with E-state index in [2.05, 4.69) is 27.1 Å². The van der Waals surface area contributed by atoms with Crippen molar-refractivity contribution >= 4 is 34.7 Å². The van der Waals surface area contributed by atoms with Crippen molar-refractivity contribution in [3.8, 4) is 11.8 Å². The van der Waals surface area contributed by atoms with Gasteiger partial charge in [0.15, 0.2) is 5.15 Å². The van der Waals surface area contributed by atoms with Gasteiger partial charge >= 0.3 is 0 Å². The van der Waals surface area contributed by atoms with E-state index in [1.54, 1.807) is 19.0 Å². The van der Waals surface area contributed by atoms with Crippen molar-refractivity contribution in [2.75, 3.05) is 30.9 Å². The third kappa shape index (κ3) is 4.34. The van der Waals surface area contributed by atoms with Crippen LogP contribution < -0.4 is 10.2 Å². The molecule has 0 amide bonds. The van der Waals surface area contributed by atoms with Crippen LogP contribution in [-0.4, -0.2) is 64.2 Å². The Balaban J connectivity index is 1.96. The zero-order chi connectivity index (χ0) is 19.6. The monoisotopic (exact) mass is 408 g/mol. The van der Waals surface area contributed by atoms with Crippen LogP contribution in [0.5, 0.6) is 0 Å². The maximum absolute atomic E-state index is 10.3. The quantitative estimate of drug-likeness (QED) is 0.445. The number of hydrogen-bond donors (Lipinski definition) is 4. The first kappa shape index (κ1) is 19.9. The number of nitrogens with one attached hydrogen (secondary N) is 1. The van der Waals surface area contributed by atoms with Crippen LogP contribution in [0.1, 0.15) is 16.9 Å². The second kappa shape index (κ2) is 8.42. The molecule has 3 rings (SSSR count). The molecule has 4 N–H and O–H groups in total. The summed E-state index contributed by atoms with van der Waals surface area (Å²) < 4.78 is 0. The highest BCUT2D eigenvalue weighted by atomic mass is 35.5. The summed E-state index contributed by atoms with van der Waals surface area (Å²) in [5, 5.41) is 35.0. The van der Waals surface area contributed by atoms with Crippen LogP contribution >= 0.6 is 22.9 Å². The van der Waals surface area contributed by atoms with E-state index >= 15 is 0 Å². The maximum atomic E-state index is 10.3. The summed E-state index contributed by atoms with van der Waals surface area (Å²) in [5.41, 5.74) is 0.421. The van der Waals surface area contributed by atoms with Gasteiger partial charge in [0.05, 0.1) is 17.0 Å². The molecule has 0 unspecified atom stereocenters. The lowest BCUT2D eigenvalue weighted by atomic mass is 10.1. The molecule has 9 heteroatoms. The Morgan fingerprint density at radius 3 is 2.67 bits per heavy atom. The minimum Gasteiger partial charge on any atom is -0.396 e. The SMILES string of the molecule is CN(C)c1nc(Cl)c(C#Cc2cccs2)c(N[C@@H]2C[C@H](CO)[C@@H](O)[C@H]2O)n1. The Bertz CT molecular complexity index is 850. The minimum absolute atomic E-state index is 0.199. The molecule has 1 aliphatic rings. The number of aromatic nitrogens is 2. The van der Waals surface area contributed by atoms with Gasteiger partial charge in [0.2, 0.25) is 5.95 Å². The van der Waals surface area contributed by atoms with Crippen LogP contribution in [0.3, 0.4) is 0 Å². The molecule has 2 heterocycles. The summed E-state index contributed by atoms with van der Waals surface area (Å²) in [5.74, 6) is 6.42. The summed E-state index contributed by atoms with van der Waals surface area (Å²) >= 11 is 7.87. The fourth-order valence-corrected chi connectivity index (χ4v) is 3.72. The third-order valence-corrected chi connectivity index (χ3v) is 5.50. The van der Waals surface area contributed by atoms with Crippen molar-refractivity contribution in [1.82, 2.24) is 9.97 Å². The number of hydrogen-bond acceptors (Lipinski definition) is 8. The molecule has 0 bridgehead atoms. The largest absolute Gasteiger partial charge is 0.396 e. The molecule has 0 radical (unpaired) electrons. The highest BCUT2D eigenvalue weighted by Gasteiger charge is 2.41. The zero-order valence-electron chi connectivity index (χ0n) is 14.9. The Labute approximate surface area is 166 Å². The van der Waals surface area contributed by atoms with E-state index in [0.29, 0.717) is 23.8 Å². The molecule has 144 valence electrons. The molecule has 1 aliphatic carbocycles. The topological polar surface area (TPSA) is 102 Å². The average Bonchev–Trinajstić information content (AvgIpc) is 3.24. The first-order valence-electron chi connectivity index (χ1n) is 8.44. The Morgan fingerprint density at radius 2 is 2.07 bits per heavy atom. The van der Waals surface area contributed by atoms with Crippen molar-refractivity contribution in [2.45, 2.75) is 24.7 Å². The van der Waals surface area contributed by atoms with Crippen LogP contribution in [0, 0.1) is 17.8 Å². The van der Waals surface area contributed by atoms with Gasteiger partial charge in [-0.15, -0.1) is 11.3 Å². The Kier molecular flexibility index (Phi) is 6.19. The maximum Gasteiger partial charge on any atom is 0.228 e. The van der Waals surface area contributed by atoms with Gasteiger partial charge < -0.3 is 25.5 Å². The van der Waals surface area contributed by atoms with Crippen LogP contribution in [0.25, 0.3) is 0 Å². The number of anilines is 2. The lowest BCUT2D eigenvalue weighted by molar-refractivity contribution is 0.00445. The van der Waals surface area contributed by atoms with Crippen molar-refractivity contribution < 1.29 is 15.3 Å². The first-order valence-corrected chi connectivity index (χ1v) is 9.70. The number of aliphatic hydroxyl groups excluding tert-OH is 3. The highest BCUT2D eigenvalue weighted by molar-refractivity contribution is 7.10. The fraction of sp³-hybridized carbons (Fsp3) is 0.444. The fourth-order valence-electron chi connectivity index (χ4n) is 2.94. The predicted molar refractivity (Wildman–Crippen MR) is 106 cm³/mol. The number of aliphatic hydroxyl groups is 3. The summed E-state index contributed by atoms with van der Waals surface area (Å²) in [7, 11) is 3.59. The van der Waals surface area contributed by atoms with E-state index in [1.807, 2.05) is 17.5 Å². The van der Waals surface area contributed by atoms with Gasteiger partial charge in [-0.25, -0.2) is 0 Å². The summed E-state index contributed by atoms with van der Waals surface area (Å²) in [6, 6.07) is 3.32. The van der Waals surface area contributed by atoms with Crippen LogP contribution in [0.4, 0.5) is 11.8 Å². The number of thiophene rings is 1. The minimum atomic E-state index is -1.03. The molecular formula is C18H21ClN4O3S. The van der Waals surface area contributed by atoms with Crippen LogP contribution in [0.2, 0.25) is 5.15 Å². The van der Waals surface area contributed by atoms with Gasteiger partial charge in [-0.3, -0.25) is 0 Å². The van der Waals surface area contributed by atoms with E-state index < -0.39 is 24.2 Å². The molecule has 0 aromatic carbocycles. The molecule has 0 spiro atoms. The molecule has 27 heavy (non-hydrogen) atoms. The smallest absolute Gasteiger partial charge is 0.228 e. The molecule has 0 saturated heterocycles. The molecular weight excluding hydrogens is 388 g/mol. The number of rotatable bonds is 4. The van der Waals surface area contributed by atoms with Gasteiger partial charge in [-0.1, -0.05) is 29.5 Å². The first-order chi connectivity index (χ1) is 12.9. The van der Waals surface area contributed by atoms with Gasteiger partial charge in [0.1, 0.15) is 17.5 Å². The zero-order valence-corrected chi connectivity index (χ0v) is 16.5. The van der Waals surface area contributed by atoms with Crippen LogP contribution in [0.15, 0.2) is 17.5 Å². The van der Waals surface area contributed by atoms with E-state index in [1.165, 1.54) is 11.3 Å². The lowest BCUT2D eigenvalue weighted by Crippen LogP contribution is -2.36. The van der Waals surface area contributed by atoms with E-state index in [9.17, 15) is 15.3 Å². The standard InChI is InChI=1S/C18H21ClN4O3S/c1-23(2)18-21-16(19)12(6-5-11-4-3-7-27-11)17(22-18)20-13-8-10(9-24)14(25)15(13)26/h3-4,7,10,13-15,24-26H,8-9H2,1-2H3,(H,20,21,22)/t10-,13-,14-,15+/m1/s1. The molecule has 7 nitrogen and oxygen atoms in total.